The van der Waals surface area contributed by atoms with Crippen LogP contribution in [0.2, 0.25) is 10.0 Å². The molecule has 2 rings (SSSR count). The van der Waals surface area contributed by atoms with Gasteiger partial charge in [0.15, 0.2) is 5.69 Å². The summed E-state index contributed by atoms with van der Waals surface area (Å²) in [6.07, 6.45) is 1.43. The van der Waals surface area contributed by atoms with Gasteiger partial charge in [-0.25, -0.2) is 9.37 Å². The third-order valence-corrected chi connectivity index (χ3v) is 2.90. The molecule has 1 amide bonds. The number of amides is 1. The Morgan fingerprint density at radius 2 is 1.95 bits per heavy atom. The predicted octanol–water partition coefficient (Wildman–Crippen LogP) is 3.36. The fourth-order valence-electron chi connectivity index (χ4n) is 1.44. The minimum absolute atomic E-state index is 0.00662. The van der Waals surface area contributed by atoms with Crippen LogP contribution in [0.4, 0.5) is 15.8 Å². The standard InChI is InChI=1S/C12H8Cl2FN3O/c13-7-4-6(15)5-8(14)10(7)18-12(19)11-9(16)2-1-3-17-11/h1-5H,16H2,(H,18,19). The van der Waals surface area contributed by atoms with Crippen molar-refractivity contribution in [2.75, 3.05) is 11.1 Å². The third kappa shape index (κ3) is 2.94. The van der Waals surface area contributed by atoms with E-state index < -0.39 is 11.7 Å². The molecule has 4 nitrogen and oxygen atoms in total. The van der Waals surface area contributed by atoms with Crippen molar-refractivity contribution in [3.05, 3.63) is 52.0 Å². The van der Waals surface area contributed by atoms with Crippen LogP contribution in [0.15, 0.2) is 30.5 Å². The number of rotatable bonds is 2. The Morgan fingerprint density at radius 1 is 1.32 bits per heavy atom. The van der Waals surface area contributed by atoms with Crippen molar-refractivity contribution in [1.82, 2.24) is 4.98 Å². The van der Waals surface area contributed by atoms with Crippen LogP contribution < -0.4 is 11.1 Å². The minimum atomic E-state index is -0.592. The number of benzene rings is 1. The van der Waals surface area contributed by atoms with Crippen molar-refractivity contribution in [3.8, 4) is 0 Å². The van der Waals surface area contributed by atoms with Gasteiger partial charge in [0, 0.05) is 6.20 Å². The molecular formula is C12H8Cl2FN3O. The van der Waals surface area contributed by atoms with Crippen LogP contribution in [-0.2, 0) is 0 Å². The fourth-order valence-corrected chi connectivity index (χ4v) is 2.00. The van der Waals surface area contributed by atoms with E-state index in [9.17, 15) is 9.18 Å². The number of nitrogen functional groups attached to an aromatic ring is 1. The summed E-state index contributed by atoms with van der Waals surface area (Å²) in [5, 5.41) is 2.44. The molecule has 0 unspecified atom stereocenters. The number of pyridine rings is 1. The SMILES string of the molecule is Nc1cccnc1C(=O)Nc1c(Cl)cc(F)cc1Cl. The van der Waals surface area contributed by atoms with E-state index >= 15 is 0 Å². The quantitative estimate of drug-likeness (QED) is 0.893. The zero-order valence-electron chi connectivity index (χ0n) is 9.45. The van der Waals surface area contributed by atoms with Gasteiger partial charge in [-0.1, -0.05) is 23.2 Å². The van der Waals surface area contributed by atoms with Gasteiger partial charge in [0.2, 0.25) is 0 Å². The lowest BCUT2D eigenvalue weighted by atomic mass is 10.2. The second-order valence-corrected chi connectivity index (χ2v) is 4.45. The topological polar surface area (TPSA) is 68.0 Å². The molecule has 0 spiro atoms. The fraction of sp³-hybridized carbons (Fsp3) is 0. The molecule has 0 aliphatic rings. The van der Waals surface area contributed by atoms with Crippen molar-refractivity contribution >= 4 is 40.5 Å². The summed E-state index contributed by atoms with van der Waals surface area (Å²) in [6, 6.07) is 5.23. The summed E-state index contributed by atoms with van der Waals surface area (Å²) in [7, 11) is 0. The van der Waals surface area contributed by atoms with Crippen LogP contribution in [0, 0.1) is 5.82 Å². The Balaban J connectivity index is 2.32. The summed E-state index contributed by atoms with van der Waals surface area (Å²) in [5.74, 6) is -1.17. The molecule has 0 atom stereocenters. The number of aromatic nitrogens is 1. The Kier molecular flexibility index (Phi) is 3.87. The molecule has 1 aromatic carbocycles. The highest BCUT2D eigenvalue weighted by molar-refractivity contribution is 6.40. The van der Waals surface area contributed by atoms with E-state index in [4.69, 9.17) is 28.9 Å². The second kappa shape index (κ2) is 5.42. The van der Waals surface area contributed by atoms with Crippen molar-refractivity contribution in [3.63, 3.8) is 0 Å². The summed E-state index contributed by atoms with van der Waals surface area (Å²) in [5.41, 5.74) is 5.99. The van der Waals surface area contributed by atoms with Gasteiger partial charge in [0.05, 0.1) is 21.4 Å². The molecule has 1 heterocycles. The maximum atomic E-state index is 13.0. The molecule has 0 fully saturated rings. The average Bonchev–Trinajstić information content (AvgIpc) is 2.34. The highest BCUT2D eigenvalue weighted by Gasteiger charge is 2.15. The van der Waals surface area contributed by atoms with Crippen molar-refractivity contribution in [2.24, 2.45) is 0 Å². The summed E-state index contributed by atoms with van der Waals surface area (Å²) >= 11 is 11.6. The van der Waals surface area contributed by atoms with Gasteiger partial charge in [-0.3, -0.25) is 4.79 Å². The molecule has 1 aromatic heterocycles. The first-order chi connectivity index (χ1) is 8.99. The van der Waals surface area contributed by atoms with Gasteiger partial charge in [0.1, 0.15) is 5.82 Å². The maximum Gasteiger partial charge on any atom is 0.276 e. The van der Waals surface area contributed by atoms with Crippen molar-refractivity contribution in [1.29, 1.82) is 0 Å². The van der Waals surface area contributed by atoms with Gasteiger partial charge in [-0.2, -0.15) is 0 Å². The number of nitrogens with zero attached hydrogens (tertiary/aromatic N) is 1. The van der Waals surface area contributed by atoms with E-state index in [1.54, 1.807) is 6.07 Å². The van der Waals surface area contributed by atoms with E-state index in [2.05, 4.69) is 10.3 Å². The van der Waals surface area contributed by atoms with Gasteiger partial charge in [-0.05, 0) is 24.3 Å². The highest BCUT2D eigenvalue weighted by atomic mass is 35.5. The van der Waals surface area contributed by atoms with E-state index in [0.717, 1.165) is 12.1 Å². The van der Waals surface area contributed by atoms with Crippen molar-refractivity contribution in [2.45, 2.75) is 0 Å². The molecule has 0 radical (unpaired) electrons. The molecule has 7 heteroatoms. The normalized spacial score (nSPS) is 10.3. The lowest BCUT2D eigenvalue weighted by molar-refractivity contribution is 0.102. The zero-order chi connectivity index (χ0) is 14.0. The number of anilines is 2. The molecule has 0 aliphatic heterocycles. The molecule has 0 bridgehead atoms. The maximum absolute atomic E-state index is 13.0. The van der Waals surface area contributed by atoms with Crippen molar-refractivity contribution < 1.29 is 9.18 Å². The second-order valence-electron chi connectivity index (χ2n) is 3.64. The molecule has 19 heavy (non-hydrogen) atoms. The molecule has 2 aromatic rings. The Morgan fingerprint density at radius 3 is 2.53 bits per heavy atom. The number of hydrogen-bond donors (Lipinski definition) is 2. The van der Waals surface area contributed by atoms with Crippen LogP contribution in [0.1, 0.15) is 10.5 Å². The monoisotopic (exact) mass is 299 g/mol. The molecule has 0 saturated heterocycles. The number of carbonyl (C=O) groups is 1. The van der Waals surface area contributed by atoms with Gasteiger partial charge in [0.25, 0.3) is 5.91 Å². The minimum Gasteiger partial charge on any atom is -0.397 e. The number of hydrogen-bond acceptors (Lipinski definition) is 3. The van der Waals surface area contributed by atoms with Gasteiger partial charge < -0.3 is 11.1 Å². The summed E-state index contributed by atoms with van der Waals surface area (Å²) < 4.78 is 13.0. The highest BCUT2D eigenvalue weighted by Crippen LogP contribution is 2.31. The molecule has 0 saturated carbocycles. The van der Waals surface area contributed by atoms with E-state index in [1.165, 1.54) is 12.3 Å². The van der Waals surface area contributed by atoms with E-state index in [1.807, 2.05) is 0 Å². The smallest absolute Gasteiger partial charge is 0.276 e. The largest absolute Gasteiger partial charge is 0.397 e. The first-order valence-corrected chi connectivity index (χ1v) is 5.91. The average molecular weight is 300 g/mol. The number of carbonyl (C=O) groups excluding carboxylic acids is 1. The van der Waals surface area contributed by atoms with Crippen LogP contribution in [0.5, 0.6) is 0 Å². The Hall–Kier alpha value is -1.85. The lowest BCUT2D eigenvalue weighted by Crippen LogP contribution is -2.16. The first-order valence-electron chi connectivity index (χ1n) is 5.15. The predicted molar refractivity (Wildman–Crippen MR) is 73.0 cm³/mol. The summed E-state index contributed by atoms with van der Waals surface area (Å²) in [6.45, 7) is 0. The van der Waals surface area contributed by atoms with Gasteiger partial charge >= 0.3 is 0 Å². The van der Waals surface area contributed by atoms with Crippen LogP contribution in [0.3, 0.4) is 0 Å². The Bertz CT molecular complexity index is 626. The molecule has 0 aliphatic carbocycles. The molecule has 3 N–H and O–H groups in total. The van der Waals surface area contributed by atoms with E-state index in [-0.39, 0.29) is 27.1 Å². The molecular weight excluding hydrogens is 292 g/mol. The zero-order valence-corrected chi connectivity index (χ0v) is 11.0. The number of nitrogens with one attached hydrogen (secondary N) is 1. The summed E-state index contributed by atoms with van der Waals surface area (Å²) in [4.78, 5) is 15.8. The lowest BCUT2D eigenvalue weighted by Gasteiger charge is -2.10. The third-order valence-electron chi connectivity index (χ3n) is 2.30. The number of nitrogens with two attached hydrogens (primary N) is 1. The first kappa shape index (κ1) is 13.6. The van der Waals surface area contributed by atoms with Crippen LogP contribution in [0.25, 0.3) is 0 Å². The number of halogens is 3. The van der Waals surface area contributed by atoms with Crippen LogP contribution in [-0.4, -0.2) is 10.9 Å². The Labute approximate surface area is 118 Å². The van der Waals surface area contributed by atoms with Gasteiger partial charge in [-0.15, -0.1) is 0 Å². The van der Waals surface area contributed by atoms with E-state index in [0.29, 0.717) is 0 Å². The van der Waals surface area contributed by atoms with Crippen LogP contribution >= 0.6 is 23.2 Å². The molecule has 98 valence electrons.